The zero-order chi connectivity index (χ0) is 12.3. The lowest BCUT2D eigenvalue weighted by Crippen LogP contribution is -2.33. The first-order valence-electron chi connectivity index (χ1n) is 5.44. The topological polar surface area (TPSA) is 42.1 Å². The van der Waals surface area contributed by atoms with Crippen LogP contribution in [0.5, 0.6) is 0 Å². The Kier molecular flexibility index (Phi) is 4.68. The number of thiocarbonyl (C=S) groups is 1. The van der Waals surface area contributed by atoms with Gasteiger partial charge in [0.25, 0.3) is 0 Å². The quantitative estimate of drug-likeness (QED) is 0.823. The van der Waals surface area contributed by atoms with Gasteiger partial charge in [0.1, 0.15) is 0 Å². The summed E-state index contributed by atoms with van der Waals surface area (Å²) in [5.74, 6) is 0.222. The van der Waals surface area contributed by atoms with Crippen LogP contribution in [0.15, 0.2) is 0 Å². The average molecular weight is 257 g/mol. The van der Waals surface area contributed by atoms with Gasteiger partial charge in [-0.25, -0.2) is 4.98 Å². The van der Waals surface area contributed by atoms with Gasteiger partial charge in [-0.15, -0.1) is 11.3 Å². The van der Waals surface area contributed by atoms with E-state index in [2.05, 4.69) is 30.7 Å². The number of rotatable bonds is 5. The third kappa shape index (κ3) is 3.15. The molecule has 1 aromatic rings. The van der Waals surface area contributed by atoms with Gasteiger partial charge in [-0.05, 0) is 20.8 Å². The minimum Gasteiger partial charge on any atom is -0.393 e. The number of hydrogen-bond acceptors (Lipinski definition) is 4. The van der Waals surface area contributed by atoms with E-state index in [1.54, 1.807) is 11.3 Å². The van der Waals surface area contributed by atoms with Crippen LogP contribution in [0.1, 0.15) is 24.4 Å². The molecule has 0 radical (unpaired) electrons. The van der Waals surface area contributed by atoms with Gasteiger partial charge in [-0.2, -0.15) is 0 Å². The van der Waals surface area contributed by atoms with Gasteiger partial charge < -0.3 is 10.6 Å². The second-order valence-electron chi connectivity index (χ2n) is 3.98. The Balaban J connectivity index is 2.78. The van der Waals surface area contributed by atoms with Crippen LogP contribution in [0.25, 0.3) is 0 Å². The summed E-state index contributed by atoms with van der Waals surface area (Å²) >= 11 is 6.73. The summed E-state index contributed by atoms with van der Waals surface area (Å²) < 4.78 is 0. The van der Waals surface area contributed by atoms with Crippen molar-refractivity contribution in [3.8, 4) is 0 Å². The largest absolute Gasteiger partial charge is 0.393 e. The fourth-order valence-corrected chi connectivity index (χ4v) is 2.41. The highest BCUT2D eigenvalue weighted by Crippen LogP contribution is 2.25. The lowest BCUT2D eigenvalue weighted by atomic mass is 10.2. The minimum absolute atomic E-state index is 0.222. The van der Waals surface area contributed by atoms with Crippen molar-refractivity contribution < 1.29 is 0 Å². The molecule has 0 aliphatic heterocycles. The minimum atomic E-state index is 0.222. The molecule has 16 heavy (non-hydrogen) atoms. The fourth-order valence-electron chi connectivity index (χ4n) is 1.35. The molecule has 0 aromatic carbocycles. The highest BCUT2D eigenvalue weighted by molar-refractivity contribution is 7.80. The van der Waals surface area contributed by atoms with Crippen molar-refractivity contribution in [2.24, 2.45) is 11.7 Å². The van der Waals surface area contributed by atoms with E-state index in [1.165, 1.54) is 4.88 Å². The Morgan fingerprint density at radius 1 is 1.56 bits per heavy atom. The first-order valence-corrected chi connectivity index (χ1v) is 6.66. The van der Waals surface area contributed by atoms with E-state index < -0.39 is 0 Å². The maximum absolute atomic E-state index is 5.64. The summed E-state index contributed by atoms with van der Waals surface area (Å²) in [5.41, 5.74) is 6.75. The van der Waals surface area contributed by atoms with E-state index in [1.807, 2.05) is 6.92 Å². The number of aryl methyl sites for hydroxylation is 2. The predicted molar refractivity (Wildman–Crippen MR) is 75.4 cm³/mol. The lowest BCUT2D eigenvalue weighted by Gasteiger charge is -2.23. The monoisotopic (exact) mass is 257 g/mol. The number of anilines is 1. The van der Waals surface area contributed by atoms with Crippen molar-refractivity contribution in [3.05, 3.63) is 10.6 Å². The van der Waals surface area contributed by atoms with Crippen LogP contribution in [0.4, 0.5) is 5.13 Å². The maximum Gasteiger partial charge on any atom is 0.185 e. The van der Waals surface area contributed by atoms with Crippen LogP contribution in [0, 0.1) is 19.8 Å². The summed E-state index contributed by atoms with van der Waals surface area (Å²) in [5, 5.41) is 1.07. The van der Waals surface area contributed by atoms with Crippen molar-refractivity contribution in [1.82, 2.24) is 4.98 Å². The zero-order valence-electron chi connectivity index (χ0n) is 10.3. The van der Waals surface area contributed by atoms with Gasteiger partial charge in [0.2, 0.25) is 0 Å². The summed E-state index contributed by atoms with van der Waals surface area (Å²) in [6, 6.07) is 0. The first kappa shape index (κ1) is 13.4. The van der Waals surface area contributed by atoms with Crippen LogP contribution in [0.3, 0.4) is 0 Å². The number of aromatic nitrogens is 1. The molecule has 0 bridgehead atoms. The van der Waals surface area contributed by atoms with E-state index in [4.69, 9.17) is 18.0 Å². The van der Waals surface area contributed by atoms with Crippen LogP contribution < -0.4 is 10.6 Å². The normalized spacial score (nSPS) is 12.5. The smallest absolute Gasteiger partial charge is 0.185 e. The molecular weight excluding hydrogens is 238 g/mol. The van der Waals surface area contributed by atoms with Crippen molar-refractivity contribution in [1.29, 1.82) is 0 Å². The van der Waals surface area contributed by atoms with Crippen molar-refractivity contribution >= 4 is 33.7 Å². The molecule has 5 heteroatoms. The Morgan fingerprint density at radius 2 is 2.19 bits per heavy atom. The van der Waals surface area contributed by atoms with Gasteiger partial charge in [-0.1, -0.05) is 19.1 Å². The Labute approximate surface area is 107 Å². The van der Waals surface area contributed by atoms with Crippen LogP contribution in [0.2, 0.25) is 0 Å². The predicted octanol–water partition coefficient (Wildman–Crippen LogP) is 2.51. The molecule has 2 N–H and O–H groups in total. The molecule has 0 saturated carbocycles. The molecule has 1 heterocycles. The van der Waals surface area contributed by atoms with Crippen LogP contribution in [-0.2, 0) is 0 Å². The molecule has 0 aliphatic rings. The van der Waals surface area contributed by atoms with E-state index in [9.17, 15) is 0 Å². The standard InChI is InChI=1S/C11H19N3S2/c1-5-14(6-7(2)10(12)15)11-13-8(3)9(4)16-11/h7H,5-6H2,1-4H3,(H2,12,15). The summed E-state index contributed by atoms with van der Waals surface area (Å²) in [6.07, 6.45) is 0. The lowest BCUT2D eigenvalue weighted by molar-refractivity contribution is 0.705. The molecule has 1 atom stereocenters. The highest BCUT2D eigenvalue weighted by atomic mass is 32.1. The number of nitrogens with zero attached hydrogens (tertiary/aromatic N) is 2. The van der Waals surface area contributed by atoms with E-state index >= 15 is 0 Å². The molecule has 3 nitrogen and oxygen atoms in total. The maximum atomic E-state index is 5.64. The first-order chi connectivity index (χ1) is 7.45. The molecule has 0 amide bonds. The average Bonchev–Trinajstić information content (AvgIpc) is 2.55. The Morgan fingerprint density at radius 3 is 2.56 bits per heavy atom. The number of thiazole rings is 1. The highest BCUT2D eigenvalue weighted by Gasteiger charge is 2.15. The molecular formula is C11H19N3S2. The third-order valence-electron chi connectivity index (χ3n) is 2.65. The van der Waals surface area contributed by atoms with Gasteiger partial charge in [0, 0.05) is 23.9 Å². The zero-order valence-corrected chi connectivity index (χ0v) is 11.9. The molecule has 1 aromatic heterocycles. The number of hydrogen-bond donors (Lipinski definition) is 1. The second-order valence-corrected chi connectivity index (χ2v) is 5.63. The molecule has 90 valence electrons. The van der Waals surface area contributed by atoms with Crippen LogP contribution >= 0.6 is 23.6 Å². The summed E-state index contributed by atoms with van der Waals surface area (Å²) in [6.45, 7) is 10.1. The van der Waals surface area contributed by atoms with Gasteiger partial charge in [0.15, 0.2) is 5.13 Å². The van der Waals surface area contributed by atoms with Crippen LogP contribution in [-0.4, -0.2) is 23.1 Å². The molecule has 0 spiro atoms. The second kappa shape index (κ2) is 5.59. The van der Waals surface area contributed by atoms with Crippen molar-refractivity contribution in [3.63, 3.8) is 0 Å². The molecule has 1 unspecified atom stereocenters. The molecule has 0 fully saturated rings. The van der Waals surface area contributed by atoms with E-state index in [0.717, 1.165) is 23.9 Å². The number of nitrogens with two attached hydrogens (primary N) is 1. The summed E-state index contributed by atoms with van der Waals surface area (Å²) in [4.78, 5) is 8.63. The van der Waals surface area contributed by atoms with E-state index in [-0.39, 0.29) is 5.92 Å². The third-order valence-corrected chi connectivity index (χ3v) is 4.19. The SMILES string of the molecule is CCN(CC(C)C(N)=S)c1nc(C)c(C)s1. The molecule has 1 rings (SSSR count). The molecule has 0 saturated heterocycles. The molecule has 0 aliphatic carbocycles. The Bertz CT molecular complexity index is 354. The van der Waals surface area contributed by atoms with Gasteiger partial charge in [-0.3, -0.25) is 0 Å². The van der Waals surface area contributed by atoms with E-state index in [0.29, 0.717) is 4.99 Å². The summed E-state index contributed by atoms with van der Waals surface area (Å²) in [7, 11) is 0. The van der Waals surface area contributed by atoms with Gasteiger partial charge >= 0.3 is 0 Å². The Hall–Kier alpha value is -0.680. The van der Waals surface area contributed by atoms with Gasteiger partial charge in [0.05, 0.1) is 10.7 Å². The van der Waals surface area contributed by atoms with Crippen molar-refractivity contribution in [2.45, 2.75) is 27.7 Å². The fraction of sp³-hybridized carbons (Fsp3) is 0.636. The van der Waals surface area contributed by atoms with Crippen molar-refractivity contribution in [2.75, 3.05) is 18.0 Å².